The summed E-state index contributed by atoms with van der Waals surface area (Å²) in [5.41, 5.74) is 0.941. The van der Waals surface area contributed by atoms with Crippen molar-refractivity contribution in [1.82, 2.24) is 20.3 Å². The van der Waals surface area contributed by atoms with Crippen molar-refractivity contribution in [3.05, 3.63) is 58.5 Å². The SMILES string of the molecule is COCCCS(=O)(=O)c1ccc(C(=NOCc2nccs2)C(=O)Nc2nc3ccc(O[C@@H]4CCNC4)nc3s2)cc1. The Morgan fingerprint density at radius 3 is 2.78 bits per heavy atom. The fraction of sp³-hybridized carbons (Fsp3) is 0.346. The number of hydrogen-bond acceptors (Lipinski definition) is 13. The van der Waals surface area contributed by atoms with Crippen molar-refractivity contribution in [2.24, 2.45) is 5.16 Å². The summed E-state index contributed by atoms with van der Waals surface area (Å²) in [7, 11) is -1.98. The third kappa shape index (κ3) is 7.62. The van der Waals surface area contributed by atoms with Crippen molar-refractivity contribution < 1.29 is 27.5 Å². The van der Waals surface area contributed by atoms with E-state index in [9.17, 15) is 13.2 Å². The van der Waals surface area contributed by atoms with Gasteiger partial charge in [0, 0.05) is 43.5 Å². The zero-order valence-corrected chi connectivity index (χ0v) is 24.6. The van der Waals surface area contributed by atoms with Crippen molar-refractivity contribution >= 4 is 59.6 Å². The van der Waals surface area contributed by atoms with E-state index in [2.05, 4.69) is 30.7 Å². The van der Waals surface area contributed by atoms with Crippen LogP contribution in [0.25, 0.3) is 10.3 Å². The van der Waals surface area contributed by atoms with Gasteiger partial charge in [-0.15, -0.1) is 11.3 Å². The van der Waals surface area contributed by atoms with Gasteiger partial charge in [-0.3, -0.25) is 10.1 Å². The predicted molar refractivity (Wildman–Crippen MR) is 156 cm³/mol. The van der Waals surface area contributed by atoms with Gasteiger partial charge >= 0.3 is 0 Å². The van der Waals surface area contributed by atoms with Gasteiger partial charge < -0.3 is 19.6 Å². The average molecular weight is 617 g/mol. The monoisotopic (exact) mass is 616 g/mol. The molecule has 1 saturated heterocycles. The number of nitrogens with one attached hydrogen (secondary N) is 2. The van der Waals surface area contributed by atoms with Gasteiger partial charge in [0.15, 0.2) is 27.3 Å². The van der Waals surface area contributed by atoms with Crippen molar-refractivity contribution in [1.29, 1.82) is 0 Å². The maximum Gasteiger partial charge on any atom is 0.280 e. The second kappa shape index (κ2) is 13.4. The number of carbonyl (C=O) groups is 1. The first-order valence-electron chi connectivity index (χ1n) is 12.8. The average Bonchev–Trinajstić information content (AvgIpc) is 3.74. The molecule has 4 aromatic rings. The number of aromatic nitrogens is 3. The summed E-state index contributed by atoms with van der Waals surface area (Å²) in [6, 6.07) is 9.50. The Balaban J connectivity index is 1.34. The minimum atomic E-state index is -3.50. The number of nitrogens with zero attached hydrogens (tertiary/aromatic N) is 4. The second-order valence-electron chi connectivity index (χ2n) is 9.01. The molecule has 12 nitrogen and oxygen atoms in total. The molecule has 1 fully saturated rings. The number of sulfone groups is 1. The Bertz CT molecular complexity index is 1600. The lowest BCUT2D eigenvalue weighted by Gasteiger charge is -2.10. The molecule has 1 atom stereocenters. The highest BCUT2D eigenvalue weighted by Crippen LogP contribution is 2.27. The molecule has 1 aromatic carbocycles. The maximum atomic E-state index is 13.4. The van der Waals surface area contributed by atoms with Crippen LogP contribution in [0.15, 0.2) is 58.0 Å². The molecule has 2 N–H and O–H groups in total. The fourth-order valence-corrected chi connectivity index (χ4v) is 6.64. The first kappa shape index (κ1) is 29.0. The zero-order valence-electron chi connectivity index (χ0n) is 22.1. The molecule has 0 spiro atoms. The number of benzene rings is 1. The summed E-state index contributed by atoms with van der Waals surface area (Å²) in [6.45, 7) is 2.11. The third-order valence-electron chi connectivity index (χ3n) is 6.04. The molecule has 0 unspecified atom stereocenters. The number of carbonyl (C=O) groups excluding carboxylic acids is 1. The van der Waals surface area contributed by atoms with Gasteiger partial charge in [0.25, 0.3) is 5.91 Å². The lowest BCUT2D eigenvalue weighted by molar-refractivity contribution is -0.110. The standard InChI is InChI=1S/C26H28N6O6S3/c1-36-12-2-14-41(34,35)19-5-3-17(4-6-19)23(32-37-16-22-28-11-13-39-22)24(33)31-26-29-20-7-8-21(30-25(20)40-26)38-18-9-10-27-15-18/h3-8,11,13,18,27H,2,9-10,12,14-16H2,1H3,(H,29,31,33)/t18-/m1/s1. The van der Waals surface area contributed by atoms with Gasteiger partial charge in [0.1, 0.15) is 21.5 Å². The third-order valence-corrected chi connectivity index (χ3v) is 9.49. The van der Waals surface area contributed by atoms with Gasteiger partial charge in [-0.25, -0.2) is 23.4 Å². The number of methoxy groups -OCH3 is 1. The molecular weight excluding hydrogens is 589 g/mol. The summed E-state index contributed by atoms with van der Waals surface area (Å²) >= 11 is 2.60. The normalized spacial score (nSPS) is 15.7. The van der Waals surface area contributed by atoms with Gasteiger partial charge in [-0.05, 0) is 37.6 Å². The molecule has 41 heavy (non-hydrogen) atoms. The zero-order chi connectivity index (χ0) is 28.7. The largest absolute Gasteiger partial charge is 0.473 e. The van der Waals surface area contributed by atoms with Crippen LogP contribution >= 0.6 is 22.7 Å². The van der Waals surface area contributed by atoms with Crippen LogP contribution < -0.4 is 15.4 Å². The number of pyridine rings is 1. The molecule has 0 radical (unpaired) electrons. The molecule has 0 saturated carbocycles. The number of hydrogen-bond donors (Lipinski definition) is 2. The lowest BCUT2D eigenvalue weighted by Crippen LogP contribution is -2.24. The van der Waals surface area contributed by atoms with E-state index in [1.54, 1.807) is 18.3 Å². The molecule has 1 amide bonds. The number of amides is 1. The van der Waals surface area contributed by atoms with Crippen LogP contribution in [-0.4, -0.2) is 73.7 Å². The Morgan fingerprint density at radius 2 is 2.05 bits per heavy atom. The topological polar surface area (TPSA) is 154 Å². The molecular formula is C26H28N6O6S3. The van der Waals surface area contributed by atoms with E-state index in [-0.39, 0.29) is 29.1 Å². The predicted octanol–water partition coefficient (Wildman–Crippen LogP) is 3.26. The minimum Gasteiger partial charge on any atom is -0.473 e. The number of rotatable bonds is 13. The highest BCUT2D eigenvalue weighted by molar-refractivity contribution is 7.91. The van der Waals surface area contributed by atoms with E-state index in [0.717, 1.165) is 19.5 Å². The molecule has 1 aliphatic rings. The molecule has 3 aromatic heterocycles. The lowest BCUT2D eigenvalue weighted by atomic mass is 10.1. The Morgan fingerprint density at radius 1 is 1.20 bits per heavy atom. The van der Waals surface area contributed by atoms with Gasteiger partial charge in [0.2, 0.25) is 5.88 Å². The highest BCUT2D eigenvalue weighted by Gasteiger charge is 2.21. The molecule has 15 heteroatoms. The van der Waals surface area contributed by atoms with Crippen molar-refractivity contribution in [3.8, 4) is 5.88 Å². The number of ether oxygens (including phenoxy) is 2. The second-order valence-corrected chi connectivity index (χ2v) is 13.1. The van der Waals surface area contributed by atoms with E-state index in [1.807, 2.05) is 5.38 Å². The molecule has 216 valence electrons. The number of anilines is 1. The fourth-order valence-electron chi connectivity index (χ4n) is 4.01. The molecule has 0 bridgehead atoms. The minimum absolute atomic E-state index is 0.0464. The van der Waals surface area contributed by atoms with Crippen molar-refractivity contribution in [2.75, 3.05) is 37.9 Å². The Labute approximate surface area is 244 Å². The van der Waals surface area contributed by atoms with Crippen LogP contribution in [0.5, 0.6) is 5.88 Å². The summed E-state index contributed by atoms with van der Waals surface area (Å²) in [5.74, 6) is -0.121. The Kier molecular flexibility index (Phi) is 9.51. The molecule has 0 aliphatic carbocycles. The summed E-state index contributed by atoms with van der Waals surface area (Å²) in [6.07, 6.45) is 3.01. The van der Waals surface area contributed by atoms with Gasteiger partial charge in [-0.1, -0.05) is 28.6 Å². The number of fused-ring (bicyclic) bond motifs is 1. The van der Waals surface area contributed by atoms with E-state index in [1.165, 1.54) is 54.0 Å². The smallest absolute Gasteiger partial charge is 0.280 e. The van der Waals surface area contributed by atoms with E-state index >= 15 is 0 Å². The Hall–Kier alpha value is -3.50. The first-order valence-corrected chi connectivity index (χ1v) is 16.1. The molecule has 4 heterocycles. The summed E-state index contributed by atoms with van der Waals surface area (Å²) in [5, 5.41) is 12.9. The van der Waals surface area contributed by atoms with Crippen molar-refractivity contribution in [3.63, 3.8) is 0 Å². The van der Waals surface area contributed by atoms with Crippen LogP contribution in [-0.2, 0) is 30.8 Å². The highest BCUT2D eigenvalue weighted by atomic mass is 32.2. The quantitative estimate of drug-likeness (QED) is 0.130. The van der Waals surface area contributed by atoms with E-state index in [4.69, 9.17) is 14.3 Å². The van der Waals surface area contributed by atoms with Crippen molar-refractivity contribution in [2.45, 2.75) is 30.4 Å². The van der Waals surface area contributed by atoms with E-state index < -0.39 is 15.7 Å². The van der Waals surface area contributed by atoms with Gasteiger partial charge in [0.05, 0.1) is 10.6 Å². The van der Waals surface area contributed by atoms with Crippen LogP contribution in [0, 0.1) is 0 Å². The number of thiazole rings is 2. The summed E-state index contributed by atoms with van der Waals surface area (Å²) < 4.78 is 36.2. The van der Waals surface area contributed by atoms with Crippen LogP contribution in [0.3, 0.4) is 0 Å². The van der Waals surface area contributed by atoms with Gasteiger partial charge in [-0.2, -0.15) is 0 Å². The van der Waals surface area contributed by atoms with E-state index in [0.29, 0.717) is 45.0 Å². The molecule has 1 aliphatic heterocycles. The first-order chi connectivity index (χ1) is 19.9. The molecule has 5 rings (SSSR count). The van der Waals surface area contributed by atoms with Crippen LogP contribution in [0.1, 0.15) is 23.4 Å². The van der Waals surface area contributed by atoms with Crippen LogP contribution in [0.2, 0.25) is 0 Å². The number of oxime groups is 1. The van der Waals surface area contributed by atoms with Crippen LogP contribution in [0.4, 0.5) is 5.13 Å². The maximum absolute atomic E-state index is 13.4. The summed E-state index contributed by atoms with van der Waals surface area (Å²) in [4.78, 5) is 32.7.